The Hall–Kier alpha value is -3.06. The van der Waals surface area contributed by atoms with Gasteiger partial charge in [-0.2, -0.15) is 0 Å². The third-order valence-electron chi connectivity index (χ3n) is 4.04. The number of methoxy groups -OCH3 is 1. The third-order valence-corrected chi connectivity index (χ3v) is 4.55. The molecule has 0 spiro atoms. The molecule has 0 fully saturated rings. The SMILES string of the molecule is COc1ccc(C(=O)CCCC(=O)Nc2ccc(-c3csnn3)cc2)cc1. The number of carbonyl (C=O) groups excluding carboxylic acids is 2. The summed E-state index contributed by atoms with van der Waals surface area (Å²) in [6, 6.07) is 14.4. The molecule has 1 aromatic heterocycles. The van der Waals surface area contributed by atoms with Gasteiger partial charge < -0.3 is 10.1 Å². The van der Waals surface area contributed by atoms with Crippen LogP contribution in [0, 0.1) is 0 Å². The van der Waals surface area contributed by atoms with E-state index in [0.29, 0.717) is 36.3 Å². The van der Waals surface area contributed by atoms with E-state index >= 15 is 0 Å². The fourth-order valence-corrected chi connectivity index (χ4v) is 3.03. The molecule has 3 aromatic rings. The van der Waals surface area contributed by atoms with Gasteiger partial charge in [0.25, 0.3) is 0 Å². The number of anilines is 1. The average molecular weight is 381 g/mol. The first-order valence-electron chi connectivity index (χ1n) is 8.50. The number of hydrogen-bond acceptors (Lipinski definition) is 6. The molecule has 0 aliphatic heterocycles. The van der Waals surface area contributed by atoms with E-state index in [9.17, 15) is 9.59 Å². The van der Waals surface area contributed by atoms with Crippen molar-refractivity contribution in [3.63, 3.8) is 0 Å². The van der Waals surface area contributed by atoms with Crippen molar-refractivity contribution in [1.82, 2.24) is 9.59 Å². The topological polar surface area (TPSA) is 81.2 Å². The summed E-state index contributed by atoms with van der Waals surface area (Å²) >= 11 is 1.30. The van der Waals surface area contributed by atoms with Crippen molar-refractivity contribution in [2.75, 3.05) is 12.4 Å². The smallest absolute Gasteiger partial charge is 0.224 e. The highest BCUT2D eigenvalue weighted by atomic mass is 32.1. The molecule has 7 heteroatoms. The van der Waals surface area contributed by atoms with Gasteiger partial charge in [0.05, 0.1) is 7.11 Å². The van der Waals surface area contributed by atoms with Gasteiger partial charge in [-0.1, -0.05) is 16.6 Å². The predicted molar refractivity (Wildman–Crippen MR) is 105 cm³/mol. The number of carbonyl (C=O) groups is 2. The van der Waals surface area contributed by atoms with Gasteiger partial charge in [0.2, 0.25) is 5.91 Å². The Labute approximate surface area is 161 Å². The number of rotatable bonds is 8. The first kappa shape index (κ1) is 18.7. The first-order valence-corrected chi connectivity index (χ1v) is 9.34. The highest BCUT2D eigenvalue weighted by Gasteiger charge is 2.09. The maximum Gasteiger partial charge on any atom is 0.224 e. The molecule has 0 atom stereocenters. The van der Waals surface area contributed by atoms with Crippen molar-refractivity contribution in [1.29, 1.82) is 0 Å². The van der Waals surface area contributed by atoms with E-state index in [4.69, 9.17) is 4.74 Å². The number of amides is 1. The van der Waals surface area contributed by atoms with E-state index in [-0.39, 0.29) is 11.7 Å². The van der Waals surface area contributed by atoms with Crippen LogP contribution < -0.4 is 10.1 Å². The van der Waals surface area contributed by atoms with E-state index in [2.05, 4.69) is 14.9 Å². The molecule has 0 saturated heterocycles. The average Bonchev–Trinajstić information content (AvgIpc) is 3.23. The Balaban J connectivity index is 1.44. The summed E-state index contributed by atoms with van der Waals surface area (Å²) in [5.41, 5.74) is 3.11. The number of Topliss-reactive ketones (excluding diaryl/α,β-unsaturated/α-hetero) is 1. The quantitative estimate of drug-likeness (QED) is 0.591. The lowest BCUT2D eigenvalue weighted by Gasteiger charge is -2.06. The van der Waals surface area contributed by atoms with Crippen LogP contribution in [0.25, 0.3) is 11.3 Å². The van der Waals surface area contributed by atoms with Crippen LogP contribution in [0.4, 0.5) is 5.69 Å². The van der Waals surface area contributed by atoms with Crippen molar-refractivity contribution >= 4 is 28.9 Å². The number of aromatic nitrogens is 2. The number of ketones is 1. The molecule has 0 radical (unpaired) electrons. The van der Waals surface area contributed by atoms with Gasteiger partial charge in [0.1, 0.15) is 11.4 Å². The summed E-state index contributed by atoms with van der Waals surface area (Å²) in [5, 5.41) is 8.72. The van der Waals surface area contributed by atoms with Crippen LogP contribution in [0.15, 0.2) is 53.9 Å². The van der Waals surface area contributed by atoms with Gasteiger partial charge in [-0.15, -0.1) is 5.10 Å². The molecule has 0 unspecified atom stereocenters. The van der Waals surface area contributed by atoms with Crippen molar-refractivity contribution in [3.05, 3.63) is 59.5 Å². The van der Waals surface area contributed by atoms with Crippen LogP contribution in [-0.2, 0) is 4.79 Å². The molecule has 0 saturated carbocycles. The van der Waals surface area contributed by atoms with Gasteiger partial charge in [0.15, 0.2) is 5.78 Å². The van der Waals surface area contributed by atoms with E-state index in [1.54, 1.807) is 31.4 Å². The Morgan fingerprint density at radius 1 is 1.04 bits per heavy atom. The third kappa shape index (κ3) is 5.21. The number of hydrogen-bond donors (Lipinski definition) is 1. The molecular weight excluding hydrogens is 362 g/mol. The summed E-state index contributed by atoms with van der Waals surface area (Å²) in [4.78, 5) is 24.2. The molecule has 138 valence electrons. The minimum absolute atomic E-state index is 0.0201. The standard InChI is InChI=1S/C20H19N3O3S/c1-26-17-11-7-15(8-12-17)19(24)3-2-4-20(25)21-16-9-5-14(6-10-16)18-13-27-23-22-18/h5-13H,2-4H2,1H3,(H,21,25). The lowest BCUT2D eigenvalue weighted by molar-refractivity contribution is -0.116. The first-order chi connectivity index (χ1) is 13.2. The predicted octanol–water partition coefficient (Wildman–Crippen LogP) is 4.21. The molecule has 0 aliphatic carbocycles. The molecule has 1 amide bonds. The van der Waals surface area contributed by atoms with Crippen LogP contribution in [0.2, 0.25) is 0 Å². The minimum Gasteiger partial charge on any atom is -0.497 e. The molecule has 2 aromatic carbocycles. The van der Waals surface area contributed by atoms with Crippen molar-refractivity contribution < 1.29 is 14.3 Å². The van der Waals surface area contributed by atoms with Crippen LogP contribution in [0.3, 0.4) is 0 Å². The van der Waals surface area contributed by atoms with Gasteiger partial charge in [0, 0.05) is 35.0 Å². The van der Waals surface area contributed by atoms with Crippen molar-refractivity contribution in [2.45, 2.75) is 19.3 Å². The van der Waals surface area contributed by atoms with Crippen molar-refractivity contribution in [2.24, 2.45) is 0 Å². The number of benzene rings is 2. The zero-order chi connectivity index (χ0) is 19.1. The molecule has 0 bridgehead atoms. The molecule has 1 N–H and O–H groups in total. The van der Waals surface area contributed by atoms with E-state index in [1.165, 1.54) is 11.5 Å². The Kier molecular flexibility index (Phi) is 6.27. The molecule has 6 nitrogen and oxygen atoms in total. The zero-order valence-electron chi connectivity index (χ0n) is 14.8. The van der Waals surface area contributed by atoms with Crippen molar-refractivity contribution in [3.8, 4) is 17.0 Å². The largest absolute Gasteiger partial charge is 0.497 e. The van der Waals surface area contributed by atoms with Crippen LogP contribution in [-0.4, -0.2) is 28.4 Å². The summed E-state index contributed by atoms with van der Waals surface area (Å²) < 4.78 is 8.91. The minimum atomic E-state index is -0.111. The fraction of sp³-hybridized carbons (Fsp3) is 0.200. The number of nitrogens with one attached hydrogen (secondary N) is 1. The second-order valence-electron chi connectivity index (χ2n) is 5.92. The van der Waals surface area contributed by atoms with Crippen LogP contribution >= 0.6 is 11.5 Å². The van der Waals surface area contributed by atoms with E-state index in [0.717, 1.165) is 11.3 Å². The van der Waals surface area contributed by atoms with Gasteiger partial charge in [-0.05, 0) is 54.4 Å². The second kappa shape index (κ2) is 9.05. The summed E-state index contributed by atoms with van der Waals surface area (Å²) in [6.07, 6.45) is 1.12. The number of nitrogens with zero attached hydrogens (tertiary/aromatic N) is 2. The summed E-state index contributed by atoms with van der Waals surface area (Å²) in [6.45, 7) is 0. The van der Waals surface area contributed by atoms with Crippen LogP contribution in [0.1, 0.15) is 29.6 Å². The molecule has 3 rings (SSSR count). The maximum atomic E-state index is 12.2. The maximum absolute atomic E-state index is 12.2. The molecule has 0 aliphatic rings. The van der Waals surface area contributed by atoms with E-state index < -0.39 is 0 Å². The summed E-state index contributed by atoms with van der Waals surface area (Å²) in [7, 11) is 1.58. The Morgan fingerprint density at radius 3 is 2.41 bits per heavy atom. The Morgan fingerprint density at radius 2 is 1.78 bits per heavy atom. The van der Waals surface area contributed by atoms with Gasteiger partial charge in [-0.25, -0.2) is 0 Å². The molecule has 1 heterocycles. The molecular formula is C20H19N3O3S. The Bertz CT molecular complexity index is 891. The molecule has 27 heavy (non-hydrogen) atoms. The lowest BCUT2D eigenvalue weighted by Crippen LogP contribution is -2.12. The fourth-order valence-electron chi connectivity index (χ4n) is 2.57. The van der Waals surface area contributed by atoms with Gasteiger partial charge in [-0.3, -0.25) is 9.59 Å². The highest BCUT2D eigenvalue weighted by Crippen LogP contribution is 2.20. The summed E-state index contributed by atoms with van der Waals surface area (Å²) in [5.74, 6) is 0.621. The highest BCUT2D eigenvalue weighted by molar-refractivity contribution is 7.03. The number of ether oxygens (including phenoxy) is 1. The second-order valence-corrected chi connectivity index (χ2v) is 6.53. The van der Waals surface area contributed by atoms with Crippen LogP contribution in [0.5, 0.6) is 5.75 Å². The zero-order valence-corrected chi connectivity index (χ0v) is 15.7. The monoisotopic (exact) mass is 381 g/mol. The lowest BCUT2D eigenvalue weighted by atomic mass is 10.1. The normalized spacial score (nSPS) is 10.4. The van der Waals surface area contributed by atoms with Gasteiger partial charge >= 0.3 is 0 Å². The van der Waals surface area contributed by atoms with E-state index in [1.807, 2.05) is 29.6 Å².